The van der Waals surface area contributed by atoms with Crippen LogP contribution in [0.1, 0.15) is 39.2 Å². The Kier molecular flexibility index (Phi) is 11.7. The number of carbonyl (C=O) groups excluding carboxylic acids is 3. The number of amides is 5. The van der Waals surface area contributed by atoms with Crippen molar-refractivity contribution in [3.63, 3.8) is 0 Å². The number of nitro benzene ring substituents is 1. The van der Waals surface area contributed by atoms with E-state index in [4.69, 9.17) is 14.3 Å². The number of ether oxygens (including phenoxy) is 1. The molecule has 2 rings (SSSR count). The predicted octanol–water partition coefficient (Wildman–Crippen LogP) is 5.01. The van der Waals surface area contributed by atoms with E-state index in [1.807, 2.05) is 0 Å². The van der Waals surface area contributed by atoms with Gasteiger partial charge in [0.1, 0.15) is 6.61 Å². The molecule has 1 N–H and O–H groups in total. The van der Waals surface area contributed by atoms with Crippen LogP contribution < -0.4 is 0 Å². The molecule has 1 saturated heterocycles. The minimum absolute atomic E-state index is 0.0143. The van der Waals surface area contributed by atoms with Gasteiger partial charge in [-0.15, -0.1) is 0 Å². The summed E-state index contributed by atoms with van der Waals surface area (Å²) >= 11 is 1.44. The molecule has 5 amide bonds. The lowest BCUT2D eigenvalue weighted by Gasteiger charge is -2.38. The molecule has 13 nitrogen and oxygen atoms in total. The van der Waals surface area contributed by atoms with Crippen molar-refractivity contribution >= 4 is 49.9 Å². The fourth-order valence-electron chi connectivity index (χ4n) is 3.84. The number of hydrogen-bond donors (Lipinski definition) is 1. The second-order valence-electron chi connectivity index (χ2n) is 11.4. The molecule has 1 aromatic rings. The predicted molar refractivity (Wildman–Crippen MR) is 156 cm³/mol. The Hall–Kier alpha value is -3.17. The van der Waals surface area contributed by atoms with E-state index in [9.17, 15) is 29.3 Å². The van der Waals surface area contributed by atoms with Crippen LogP contribution in [0.5, 0.6) is 0 Å². The first-order valence-electron chi connectivity index (χ1n) is 13.1. The molecule has 15 heteroatoms. The molecule has 1 aliphatic rings. The molecule has 0 spiro atoms. The molecular weight excluding hydrogens is 572 g/mol. The van der Waals surface area contributed by atoms with Crippen LogP contribution in [0, 0.1) is 10.1 Å². The zero-order chi connectivity index (χ0) is 31.1. The zero-order valence-electron chi connectivity index (χ0n) is 24.6. The number of likely N-dealkylation sites (tertiary alicyclic amines) is 1. The van der Waals surface area contributed by atoms with Crippen LogP contribution >= 0.6 is 11.8 Å². The normalized spacial score (nSPS) is 17.2. The Bertz CT molecular complexity index is 1130. The summed E-state index contributed by atoms with van der Waals surface area (Å²) in [6, 6.07) is 4.64. The van der Waals surface area contributed by atoms with E-state index in [0.717, 1.165) is 11.9 Å². The first kappa shape index (κ1) is 34.0. The molecule has 0 aromatic heterocycles. The van der Waals surface area contributed by atoms with Crippen LogP contribution in [0.2, 0.25) is 18.1 Å². The highest BCUT2D eigenvalue weighted by Gasteiger charge is 2.44. The molecule has 0 aliphatic carbocycles. The van der Waals surface area contributed by atoms with Crippen molar-refractivity contribution in [2.24, 2.45) is 0 Å². The first-order chi connectivity index (χ1) is 18.9. The van der Waals surface area contributed by atoms with Crippen LogP contribution in [0.15, 0.2) is 24.3 Å². The van der Waals surface area contributed by atoms with Crippen molar-refractivity contribution in [1.82, 2.24) is 14.7 Å². The maximum Gasteiger partial charge on any atom is 0.415 e. The maximum atomic E-state index is 13.1. The molecule has 0 bridgehead atoms. The Morgan fingerprint density at radius 3 is 2.29 bits per heavy atom. The Labute approximate surface area is 245 Å². The molecule has 1 fully saturated rings. The number of thioether (sulfide) groups is 1. The van der Waals surface area contributed by atoms with Gasteiger partial charge in [-0.2, -0.15) is 11.8 Å². The van der Waals surface area contributed by atoms with E-state index < -0.39 is 37.4 Å². The standard InChI is InChI=1S/C26H40N4O9SSi/c1-26(2,3)41(6,7)39-21-14-20(17-40-13-12-22(31)27(4)23(32)28(5)24(33)34)29(15-21)25(35)38-16-18-8-10-19(11-9-18)30(36)37/h8-11,20-21H,12-17H2,1-7H3,(H,33,34)/t20-,21-/m0/s1. The number of hydrogen-bond acceptors (Lipinski definition) is 9. The highest BCUT2D eigenvalue weighted by atomic mass is 32.2. The fraction of sp³-hybridized carbons (Fsp3) is 0.615. The summed E-state index contributed by atoms with van der Waals surface area (Å²) in [7, 11) is 0.192. The average molecular weight is 613 g/mol. The number of carbonyl (C=O) groups is 4. The van der Waals surface area contributed by atoms with E-state index >= 15 is 0 Å². The lowest BCUT2D eigenvalue weighted by atomic mass is 10.2. The van der Waals surface area contributed by atoms with Crippen molar-refractivity contribution in [2.45, 2.75) is 70.5 Å². The molecule has 1 aromatic carbocycles. The average Bonchev–Trinajstić information content (AvgIpc) is 3.29. The van der Waals surface area contributed by atoms with Crippen molar-refractivity contribution in [1.29, 1.82) is 0 Å². The Morgan fingerprint density at radius 2 is 1.76 bits per heavy atom. The number of benzene rings is 1. The van der Waals surface area contributed by atoms with Crippen molar-refractivity contribution in [2.75, 3.05) is 32.1 Å². The van der Waals surface area contributed by atoms with Crippen LogP contribution in [0.25, 0.3) is 0 Å². The van der Waals surface area contributed by atoms with Gasteiger partial charge in [-0.1, -0.05) is 20.8 Å². The van der Waals surface area contributed by atoms with E-state index in [1.54, 1.807) is 17.0 Å². The van der Waals surface area contributed by atoms with Gasteiger partial charge < -0.3 is 19.2 Å². The molecule has 0 saturated carbocycles. The second-order valence-corrected chi connectivity index (χ2v) is 17.3. The van der Waals surface area contributed by atoms with Gasteiger partial charge in [-0.05, 0) is 42.2 Å². The fourth-order valence-corrected chi connectivity index (χ4v) is 6.27. The van der Waals surface area contributed by atoms with Gasteiger partial charge in [0.15, 0.2) is 8.32 Å². The van der Waals surface area contributed by atoms with Gasteiger partial charge in [-0.3, -0.25) is 19.8 Å². The van der Waals surface area contributed by atoms with Crippen LogP contribution in [0.3, 0.4) is 0 Å². The van der Waals surface area contributed by atoms with E-state index in [-0.39, 0.29) is 35.9 Å². The third-order valence-corrected chi connectivity index (χ3v) is 13.0. The number of urea groups is 1. The molecule has 228 valence electrons. The third kappa shape index (κ3) is 9.43. The van der Waals surface area contributed by atoms with Crippen molar-refractivity contribution < 1.29 is 38.4 Å². The van der Waals surface area contributed by atoms with Crippen molar-refractivity contribution in [3.05, 3.63) is 39.9 Å². The lowest BCUT2D eigenvalue weighted by Crippen LogP contribution is -2.45. The summed E-state index contributed by atoms with van der Waals surface area (Å²) in [6.07, 6.45) is -1.54. The molecule has 0 radical (unpaired) electrons. The summed E-state index contributed by atoms with van der Waals surface area (Å²) in [5.41, 5.74) is 0.569. The molecule has 1 aliphatic heterocycles. The molecule has 0 unspecified atom stereocenters. The number of carboxylic acid groups (broad SMARTS) is 1. The maximum absolute atomic E-state index is 13.1. The minimum Gasteiger partial charge on any atom is -0.465 e. The van der Waals surface area contributed by atoms with Crippen LogP contribution in [-0.2, 0) is 20.6 Å². The Morgan fingerprint density at radius 1 is 1.15 bits per heavy atom. The summed E-state index contributed by atoms with van der Waals surface area (Å²) in [6.45, 7) is 11.0. The van der Waals surface area contributed by atoms with Crippen LogP contribution in [-0.4, -0.2) is 101 Å². The highest BCUT2D eigenvalue weighted by molar-refractivity contribution is 7.99. The zero-order valence-corrected chi connectivity index (χ0v) is 26.4. The van der Waals surface area contributed by atoms with Crippen molar-refractivity contribution in [3.8, 4) is 0 Å². The van der Waals surface area contributed by atoms with Gasteiger partial charge in [0.25, 0.3) is 5.69 Å². The molecule has 1 heterocycles. The molecular formula is C26H40N4O9SSi. The number of nitrogens with zero attached hydrogens (tertiary/aromatic N) is 4. The second kappa shape index (κ2) is 14.1. The van der Waals surface area contributed by atoms with Gasteiger partial charge in [0.05, 0.1) is 11.0 Å². The minimum atomic E-state index is -2.11. The number of imide groups is 2. The quantitative estimate of drug-likeness (QED) is 0.165. The van der Waals surface area contributed by atoms with Gasteiger partial charge in [-0.25, -0.2) is 19.3 Å². The highest BCUT2D eigenvalue weighted by Crippen LogP contribution is 2.39. The van der Waals surface area contributed by atoms with Gasteiger partial charge in [0.2, 0.25) is 5.91 Å². The summed E-state index contributed by atoms with van der Waals surface area (Å²) < 4.78 is 12.1. The number of rotatable bonds is 10. The summed E-state index contributed by atoms with van der Waals surface area (Å²) in [5.74, 6) is 0.355. The van der Waals surface area contributed by atoms with Gasteiger partial charge >= 0.3 is 18.2 Å². The summed E-state index contributed by atoms with van der Waals surface area (Å²) in [5, 5.41) is 19.8. The third-order valence-electron chi connectivity index (χ3n) is 7.39. The van der Waals surface area contributed by atoms with E-state index in [2.05, 4.69) is 33.9 Å². The Balaban J connectivity index is 2.01. The first-order valence-corrected chi connectivity index (χ1v) is 17.2. The van der Waals surface area contributed by atoms with E-state index in [1.165, 1.54) is 30.9 Å². The molecule has 41 heavy (non-hydrogen) atoms. The lowest BCUT2D eigenvalue weighted by molar-refractivity contribution is -0.384. The van der Waals surface area contributed by atoms with Gasteiger partial charge in [0, 0.05) is 56.7 Å². The SMILES string of the molecule is CN(C(=O)O)C(=O)N(C)C(=O)CCSC[C@@H]1C[C@H](O[Si](C)(C)C(C)(C)C)CN1C(=O)OCc1ccc([N+](=O)[O-])cc1. The topological polar surface area (TPSA) is 160 Å². The smallest absolute Gasteiger partial charge is 0.415 e. The van der Waals surface area contributed by atoms with E-state index in [0.29, 0.717) is 34.9 Å². The van der Waals surface area contributed by atoms with Crippen LogP contribution in [0.4, 0.5) is 20.1 Å². The molecule has 2 atom stereocenters. The number of non-ortho nitro benzene ring substituents is 1. The number of nitro groups is 1. The largest absolute Gasteiger partial charge is 0.465 e. The monoisotopic (exact) mass is 612 g/mol. The summed E-state index contributed by atoms with van der Waals surface area (Å²) in [4.78, 5) is 61.8.